The van der Waals surface area contributed by atoms with E-state index >= 15 is 0 Å². The lowest BCUT2D eigenvalue weighted by molar-refractivity contribution is 0.0690. The molecule has 0 saturated carbocycles. The Hall–Kier alpha value is -5.32. The number of fused-ring (bicyclic) bond motifs is 3. The van der Waals surface area contributed by atoms with Gasteiger partial charge in [-0.1, -0.05) is 42.5 Å². The maximum absolute atomic E-state index is 14.3. The van der Waals surface area contributed by atoms with Crippen molar-refractivity contribution < 1.29 is 24.2 Å². The molecule has 2 aliphatic heterocycles. The van der Waals surface area contributed by atoms with Crippen LogP contribution in [-0.4, -0.2) is 45.9 Å². The lowest BCUT2D eigenvalue weighted by Crippen LogP contribution is -2.31. The smallest absolute Gasteiger partial charge is 0.355 e. The van der Waals surface area contributed by atoms with E-state index in [2.05, 4.69) is 16.4 Å². The molecule has 0 spiro atoms. The molecule has 1 saturated heterocycles. The first-order chi connectivity index (χ1) is 23.7. The number of thiophene rings is 1. The molecule has 3 aromatic carbocycles. The number of carboxylic acids is 1. The van der Waals surface area contributed by atoms with E-state index in [0.717, 1.165) is 51.1 Å². The molecule has 5 aromatic rings. The Kier molecular flexibility index (Phi) is 8.75. The van der Waals surface area contributed by atoms with E-state index in [-0.39, 0.29) is 34.5 Å². The van der Waals surface area contributed by atoms with Crippen LogP contribution in [0.3, 0.4) is 0 Å². The monoisotopic (exact) mass is 672 g/mol. The predicted octanol–water partition coefficient (Wildman–Crippen LogP) is 7.42. The summed E-state index contributed by atoms with van der Waals surface area (Å²) in [7, 11) is 0. The molecule has 0 radical (unpaired) electrons. The third-order valence-corrected chi connectivity index (χ3v) is 10.3. The third kappa shape index (κ3) is 6.09. The van der Waals surface area contributed by atoms with Gasteiger partial charge in [0.05, 0.1) is 12.6 Å². The highest BCUT2D eigenvalue weighted by atomic mass is 32.1. The van der Waals surface area contributed by atoms with E-state index in [1.165, 1.54) is 0 Å². The van der Waals surface area contributed by atoms with Crippen molar-refractivity contribution in [3.63, 3.8) is 0 Å². The van der Waals surface area contributed by atoms with Gasteiger partial charge in [-0.05, 0) is 90.2 Å². The number of anilines is 1. The summed E-state index contributed by atoms with van der Waals surface area (Å²) in [5.74, 6) is -1.50. The first-order valence-electron chi connectivity index (χ1n) is 16.3. The number of amides is 2. The van der Waals surface area contributed by atoms with Crippen LogP contribution in [-0.2, 0) is 13.0 Å². The van der Waals surface area contributed by atoms with Gasteiger partial charge in [-0.15, -0.1) is 11.3 Å². The quantitative estimate of drug-likeness (QED) is 0.164. The van der Waals surface area contributed by atoms with Gasteiger partial charge >= 0.3 is 5.97 Å². The standard InChI is InChI=1S/C39H36N4O5S/c1-22-17-24(21-40)18-23(2)34(22)42-37(44)29-19-30-33(48-15-12-26-13-16-49-36(26)30)20-28(29)27-10-11-31(41-35(27)39(46)47)38(45)43-14-6-9-32(43)25-7-4-3-5-8-25/h3-5,7-8,10-11,13,16-20,32H,6,9,12,14-15,21,40H2,1-2H3,(H,42,44)(H,46,47). The first kappa shape index (κ1) is 32.2. The van der Waals surface area contributed by atoms with Gasteiger partial charge in [0.15, 0.2) is 5.69 Å². The molecule has 10 heteroatoms. The number of aromatic nitrogens is 1. The number of carbonyl (C=O) groups excluding carboxylic acids is 2. The van der Waals surface area contributed by atoms with E-state index in [4.69, 9.17) is 10.5 Å². The van der Waals surface area contributed by atoms with Crippen molar-refractivity contribution in [2.45, 2.75) is 45.7 Å². The molecule has 248 valence electrons. The summed E-state index contributed by atoms with van der Waals surface area (Å²) >= 11 is 1.57. The topological polar surface area (TPSA) is 135 Å². The maximum Gasteiger partial charge on any atom is 0.355 e. The average Bonchev–Trinajstić information content (AvgIpc) is 3.76. The zero-order valence-electron chi connectivity index (χ0n) is 27.3. The number of aryl methyl sites for hydroxylation is 2. The molecule has 0 aliphatic carbocycles. The molecule has 7 rings (SSSR count). The van der Waals surface area contributed by atoms with Crippen LogP contribution in [0.25, 0.3) is 21.6 Å². The van der Waals surface area contributed by atoms with Gasteiger partial charge in [0.2, 0.25) is 0 Å². The number of likely N-dealkylation sites (tertiary alicyclic amines) is 1. The number of aromatic carboxylic acids is 1. The number of hydrogen-bond donors (Lipinski definition) is 3. The summed E-state index contributed by atoms with van der Waals surface area (Å²) in [6.45, 7) is 5.19. The second-order valence-corrected chi connectivity index (χ2v) is 13.4. The van der Waals surface area contributed by atoms with Gasteiger partial charge in [0, 0.05) is 52.3 Å². The molecule has 2 aromatic heterocycles. The van der Waals surface area contributed by atoms with Crippen molar-refractivity contribution in [2.24, 2.45) is 5.73 Å². The number of benzene rings is 3. The number of ether oxygens (including phenoxy) is 1. The second kappa shape index (κ2) is 13.3. The highest BCUT2D eigenvalue weighted by Gasteiger charge is 2.33. The Morgan fingerprint density at radius 3 is 2.51 bits per heavy atom. The Balaban J connectivity index is 1.33. The number of hydrogen-bond acceptors (Lipinski definition) is 7. The molecule has 1 unspecified atom stereocenters. The summed E-state index contributed by atoms with van der Waals surface area (Å²) in [5.41, 5.74) is 12.7. The highest BCUT2D eigenvalue weighted by molar-refractivity contribution is 7.13. The van der Waals surface area contributed by atoms with Crippen LogP contribution in [0.15, 0.2) is 78.2 Å². The zero-order valence-corrected chi connectivity index (χ0v) is 28.1. The first-order valence-corrected chi connectivity index (χ1v) is 17.2. The molecule has 1 fully saturated rings. The molecule has 0 bridgehead atoms. The number of nitrogens with zero attached hydrogens (tertiary/aromatic N) is 2. The van der Waals surface area contributed by atoms with Crippen LogP contribution in [0.1, 0.15) is 78.0 Å². The van der Waals surface area contributed by atoms with Crippen molar-refractivity contribution in [2.75, 3.05) is 18.5 Å². The predicted molar refractivity (Wildman–Crippen MR) is 190 cm³/mol. The minimum atomic E-state index is -1.31. The number of rotatable bonds is 7. The lowest BCUT2D eigenvalue weighted by atomic mass is 9.93. The zero-order chi connectivity index (χ0) is 34.2. The Labute approximate surface area is 288 Å². The fourth-order valence-corrected chi connectivity index (χ4v) is 7.99. The fourth-order valence-electron chi connectivity index (χ4n) is 7.01. The van der Waals surface area contributed by atoms with Crippen LogP contribution in [0.5, 0.6) is 5.75 Å². The largest absolute Gasteiger partial charge is 0.493 e. The van der Waals surface area contributed by atoms with Gasteiger partial charge in [-0.2, -0.15) is 0 Å². The summed E-state index contributed by atoms with van der Waals surface area (Å²) in [4.78, 5) is 48.2. The maximum atomic E-state index is 14.3. The van der Waals surface area contributed by atoms with Crippen molar-refractivity contribution in [3.05, 3.63) is 123 Å². The number of pyridine rings is 1. The average molecular weight is 673 g/mol. The Morgan fingerprint density at radius 2 is 1.78 bits per heavy atom. The number of carbonyl (C=O) groups is 3. The number of nitrogens with two attached hydrogens (primary N) is 1. The van der Waals surface area contributed by atoms with E-state index in [1.54, 1.807) is 40.5 Å². The van der Waals surface area contributed by atoms with Crippen LogP contribution < -0.4 is 15.8 Å². The second-order valence-electron chi connectivity index (χ2n) is 12.5. The summed E-state index contributed by atoms with van der Waals surface area (Å²) in [5, 5.41) is 15.6. The van der Waals surface area contributed by atoms with Gasteiger partial charge in [-0.25, -0.2) is 9.78 Å². The molecule has 1 atom stereocenters. The van der Waals surface area contributed by atoms with Crippen molar-refractivity contribution in [1.82, 2.24) is 9.88 Å². The van der Waals surface area contributed by atoms with Crippen LogP contribution in [0, 0.1) is 13.8 Å². The molecule has 2 amide bonds. The van der Waals surface area contributed by atoms with Gasteiger partial charge in [0.1, 0.15) is 11.4 Å². The molecular weight excluding hydrogens is 637 g/mol. The molecule has 49 heavy (non-hydrogen) atoms. The molecule has 9 nitrogen and oxygen atoms in total. The van der Waals surface area contributed by atoms with Gasteiger partial charge in [-0.3, -0.25) is 9.59 Å². The lowest BCUT2D eigenvalue weighted by Gasteiger charge is -2.25. The van der Waals surface area contributed by atoms with Gasteiger partial charge < -0.3 is 25.8 Å². The van der Waals surface area contributed by atoms with Crippen molar-refractivity contribution >= 4 is 34.8 Å². The number of carboxylic acid groups (broad SMARTS) is 1. The van der Waals surface area contributed by atoms with Gasteiger partial charge in [0.25, 0.3) is 11.8 Å². The summed E-state index contributed by atoms with van der Waals surface area (Å²) in [6, 6.07) is 22.3. The van der Waals surface area contributed by atoms with E-state index < -0.39 is 11.9 Å². The summed E-state index contributed by atoms with van der Waals surface area (Å²) in [6.07, 6.45) is 2.35. The Bertz CT molecular complexity index is 2090. The minimum absolute atomic E-state index is 0.0375. The molecule has 4 N–H and O–H groups in total. The summed E-state index contributed by atoms with van der Waals surface area (Å²) < 4.78 is 6.19. The van der Waals surface area contributed by atoms with Crippen molar-refractivity contribution in [1.29, 1.82) is 0 Å². The Morgan fingerprint density at radius 1 is 1.00 bits per heavy atom. The van der Waals surface area contributed by atoms with Crippen LogP contribution in [0.2, 0.25) is 0 Å². The SMILES string of the molecule is Cc1cc(CN)cc(C)c1NC(=O)c1cc2c(cc1-c1ccc(C(=O)N3CCCC3c3ccccc3)nc1C(=O)O)OCCc1ccsc1-2. The van der Waals surface area contributed by atoms with Crippen LogP contribution >= 0.6 is 11.3 Å². The fraction of sp³-hybridized carbons (Fsp3) is 0.231. The highest BCUT2D eigenvalue weighted by Crippen LogP contribution is 2.43. The molecule has 2 aliphatic rings. The minimum Gasteiger partial charge on any atom is -0.493 e. The number of nitrogens with one attached hydrogen (secondary N) is 1. The van der Waals surface area contributed by atoms with Crippen LogP contribution in [0.4, 0.5) is 5.69 Å². The van der Waals surface area contributed by atoms with E-state index in [9.17, 15) is 19.5 Å². The molecular formula is C39H36N4O5S. The van der Waals surface area contributed by atoms with Crippen molar-refractivity contribution in [3.8, 4) is 27.3 Å². The normalized spacial score (nSPS) is 15.2. The van der Waals surface area contributed by atoms with E-state index in [1.807, 2.05) is 61.7 Å². The molecule has 4 heterocycles. The van der Waals surface area contributed by atoms with E-state index in [0.29, 0.717) is 43.1 Å². The third-order valence-electron chi connectivity index (χ3n) is 9.36.